The molecule has 3 N–H and O–H groups in total. The van der Waals surface area contributed by atoms with Crippen molar-refractivity contribution in [2.75, 3.05) is 20.2 Å². The first kappa shape index (κ1) is 19.4. The summed E-state index contributed by atoms with van der Waals surface area (Å²) in [5, 5.41) is 0. The van der Waals surface area contributed by atoms with Crippen molar-refractivity contribution in [1.82, 2.24) is 14.5 Å². The van der Waals surface area contributed by atoms with E-state index in [2.05, 4.69) is 16.8 Å². The van der Waals surface area contributed by atoms with E-state index in [9.17, 15) is 9.59 Å². The predicted octanol–water partition coefficient (Wildman–Crippen LogP) is 1.70. The quantitative estimate of drug-likeness (QED) is 0.814. The number of nitrogens with zero attached hydrogens (tertiary/aromatic N) is 2. The second-order valence-corrected chi connectivity index (χ2v) is 8.35. The van der Waals surface area contributed by atoms with Crippen LogP contribution in [0.1, 0.15) is 62.7 Å². The summed E-state index contributed by atoms with van der Waals surface area (Å²) in [4.78, 5) is 29.5. The molecule has 2 heterocycles. The van der Waals surface area contributed by atoms with Gasteiger partial charge in [0.05, 0.1) is 13.2 Å². The van der Waals surface area contributed by atoms with Gasteiger partial charge in [-0.15, -0.1) is 0 Å². The van der Waals surface area contributed by atoms with Crippen molar-refractivity contribution >= 4 is 5.76 Å². The van der Waals surface area contributed by atoms with Crippen molar-refractivity contribution in [3.8, 4) is 0 Å². The molecule has 154 valence electrons. The van der Waals surface area contributed by atoms with E-state index >= 15 is 4.39 Å². The molecule has 3 aliphatic rings. The average molecular weight is 392 g/mol. The normalized spacial score (nSPS) is 31.0. The molecule has 4 rings (SSSR count). The third-order valence-corrected chi connectivity index (χ3v) is 6.66. The van der Waals surface area contributed by atoms with Gasteiger partial charge in [-0.1, -0.05) is 20.3 Å². The van der Waals surface area contributed by atoms with E-state index in [1.807, 2.05) is 6.92 Å². The summed E-state index contributed by atoms with van der Waals surface area (Å²) >= 11 is 0. The van der Waals surface area contributed by atoms with Crippen LogP contribution in [0.3, 0.4) is 0 Å². The van der Waals surface area contributed by atoms with E-state index < -0.39 is 23.1 Å². The Morgan fingerprint density at radius 2 is 2.00 bits per heavy atom. The highest BCUT2D eigenvalue weighted by Gasteiger charge is 2.45. The van der Waals surface area contributed by atoms with Crippen LogP contribution >= 0.6 is 0 Å². The minimum Gasteiger partial charge on any atom is -0.493 e. The molecule has 2 fully saturated rings. The number of likely N-dealkylation sites (tertiary alicyclic amines) is 1. The Labute approximate surface area is 163 Å². The molecule has 1 saturated heterocycles. The number of rotatable bonds is 4. The van der Waals surface area contributed by atoms with Gasteiger partial charge in [0, 0.05) is 30.2 Å². The predicted molar refractivity (Wildman–Crippen MR) is 105 cm³/mol. The fourth-order valence-electron chi connectivity index (χ4n) is 5.04. The molecule has 4 unspecified atom stereocenters. The van der Waals surface area contributed by atoms with E-state index in [0.29, 0.717) is 18.2 Å². The number of H-pyrrole nitrogens is 1. The van der Waals surface area contributed by atoms with Crippen molar-refractivity contribution in [3.63, 3.8) is 0 Å². The number of halogens is 1. The first-order valence-electron chi connectivity index (χ1n) is 10.2. The van der Waals surface area contributed by atoms with E-state index in [1.165, 1.54) is 7.11 Å². The SMILES string of the molecule is CCC1CCN(C2C(F)=C(OC)c3c(n(C4CC4)c(=O)[nH]c3=O)C2C)CC1N. The zero-order valence-corrected chi connectivity index (χ0v) is 16.7. The largest absolute Gasteiger partial charge is 0.493 e. The number of nitrogens with one attached hydrogen (secondary N) is 1. The van der Waals surface area contributed by atoms with Crippen LogP contribution in [-0.4, -0.2) is 46.7 Å². The Bertz CT molecular complexity index is 917. The molecular formula is C20H29FN4O3. The van der Waals surface area contributed by atoms with Gasteiger partial charge in [-0.3, -0.25) is 19.2 Å². The van der Waals surface area contributed by atoms with E-state index in [-0.39, 0.29) is 29.3 Å². The van der Waals surface area contributed by atoms with Crippen LogP contribution in [-0.2, 0) is 4.74 Å². The first-order chi connectivity index (χ1) is 13.4. The number of piperidine rings is 1. The molecule has 4 atom stereocenters. The number of fused-ring (bicyclic) bond motifs is 1. The molecule has 1 aromatic heterocycles. The topological polar surface area (TPSA) is 93.3 Å². The van der Waals surface area contributed by atoms with Crippen molar-refractivity contribution in [1.29, 1.82) is 0 Å². The van der Waals surface area contributed by atoms with Gasteiger partial charge in [-0.2, -0.15) is 0 Å². The molecule has 1 aromatic rings. The minimum atomic E-state index is -0.587. The summed E-state index contributed by atoms with van der Waals surface area (Å²) in [5.41, 5.74) is 6.09. The molecule has 0 radical (unpaired) electrons. The van der Waals surface area contributed by atoms with Crippen LogP contribution in [0.4, 0.5) is 4.39 Å². The van der Waals surface area contributed by atoms with Gasteiger partial charge in [0.2, 0.25) is 0 Å². The molecule has 8 heteroatoms. The number of hydrogen-bond acceptors (Lipinski definition) is 5. The Morgan fingerprint density at radius 1 is 1.29 bits per heavy atom. The lowest BCUT2D eigenvalue weighted by Gasteiger charge is -2.44. The summed E-state index contributed by atoms with van der Waals surface area (Å²) in [5.74, 6) is -0.421. The molecule has 0 aromatic carbocycles. The molecule has 0 bridgehead atoms. The number of nitrogens with two attached hydrogens (primary N) is 1. The average Bonchev–Trinajstić information content (AvgIpc) is 3.48. The lowest BCUT2D eigenvalue weighted by atomic mass is 9.82. The molecule has 1 aliphatic heterocycles. The van der Waals surface area contributed by atoms with Crippen molar-refractivity contribution in [2.24, 2.45) is 11.7 Å². The lowest BCUT2D eigenvalue weighted by Crippen LogP contribution is -2.54. The van der Waals surface area contributed by atoms with Gasteiger partial charge in [0.1, 0.15) is 5.56 Å². The van der Waals surface area contributed by atoms with E-state index in [0.717, 1.165) is 32.2 Å². The second-order valence-electron chi connectivity index (χ2n) is 8.35. The monoisotopic (exact) mass is 392 g/mol. The smallest absolute Gasteiger partial charge is 0.328 e. The van der Waals surface area contributed by atoms with Crippen LogP contribution in [0.2, 0.25) is 0 Å². The molecule has 7 nitrogen and oxygen atoms in total. The van der Waals surface area contributed by atoms with Crippen LogP contribution in [0.25, 0.3) is 5.76 Å². The van der Waals surface area contributed by atoms with Crippen molar-refractivity contribution < 1.29 is 9.13 Å². The second kappa shape index (κ2) is 7.15. The van der Waals surface area contributed by atoms with Gasteiger partial charge in [0.15, 0.2) is 11.6 Å². The highest BCUT2D eigenvalue weighted by molar-refractivity contribution is 5.67. The third-order valence-electron chi connectivity index (χ3n) is 6.66. The van der Waals surface area contributed by atoms with Gasteiger partial charge < -0.3 is 10.5 Å². The van der Waals surface area contributed by atoms with Gasteiger partial charge in [-0.25, -0.2) is 9.18 Å². The van der Waals surface area contributed by atoms with Gasteiger partial charge in [-0.05, 0) is 31.7 Å². The molecule has 1 saturated carbocycles. The maximum atomic E-state index is 15.6. The number of hydrogen-bond donors (Lipinski definition) is 2. The Balaban J connectivity index is 1.83. The standard InChI is InChI=1S/C20H29FN4O3/c1-4-11-7-8-24(9-13(11)22)17-10(2)16-14(18(28-3)15(17)21)19(26)23-20(27)25(16)12-5-6-12/h10-13,17H,4-9,22H2,1-3H3,(H,23,26,27). The Kier molecular flexibility index (Phi) is 4.95. The van der Waals surface area contributed by atoms with Crippen molar-refractivity contribution in [3.05, 3.63) is 37.9 Å². The van der Waals surface area contributed by atoms with Crippen molar-refractivity contribution in [2.45, 2.75) is 63.6 Å². The van der Waals surface area contributed by atoms with Gasteiger partial charge in [0.25, 0.3) is 5.56 Å². The summed E-state index contributed by atoms with van der Waals surface area (Å²) in [6, 6.07) is -0.540. The van der Waals surface area contributed by atoms with Crippen LogP contribution < -0.4 is 17.0 Å². The summed E-state index contributed by atoms with van der Waals surface area (Å²) < 4.78 is 22.6. The molecule has 2 aliphatic carbocycles. The minimum absolute atomic E-state index is 0.0176. The lowest BCUT2D eigenvalue weighted by molar-refractivity contribution is 0.0998. The Hall–Kier alpha value is -1.93. The van der Waals surface area contributed by atoms with Crippen LogP contribution in [0.5, 0.6) is 0 Å². The summed E-state index contributed by atoms with van der Waals surface area (Å²) in [6.45, 7) is 5.34. The summed E-state index contributed by atoms with van der Waals surface area (Å²) in [6.07, 6.45) is 3.69. The maximum absolute atomic E-state index is 15.6. The molecule has 28 heavy (non-hydrogen) atoms. The fourth-order valence-corrected chi connectivity index (χ4v) is 5.04. The van der Waals surface area contributed by atoms with Crippen LogP contribution in [0.15, 0.2) is 15.4 Å². The molecule has 0 spiro atoms. The van der Waals surface area contributed by atoms with E-state index in [1.54, 1.807) is 4.57 Å². The number of methoxy groups -OCH3 is 1. The zero-order valence-electron chi connectivity index (χ0n) is 16.7. The fraction of sp³-hybridized carbons (Fsp3) is 0.700. The number of ether oxygens (including phenoxy) is 1. The van der Waals surface area contributed by atoms with Gasteiger partial charge >= 0.3 is 5.69 Å². The maximum Gasteiger partial charge on any atom is 0.328 e. The first-order valence-corrected chi connectivity index (χ1v) is 10.2. The molecule has 0 amide bonds. The number of aromatic amines is 1. The van der Waals surface area contributed by atoms with E-state index in [4.69, 9.17) is 10.5 Å². The Morgan fingerprint density at radius 3 is 2.57 bits per heavy atom. The highest BCUT2D eigenvalue weighted by Crippen LogP contribution is 2.44. The highest BCUT2D eigenvalue weighted by atomic mass is 19.1. The third kappa shape index (κ3) is 2.93. The number of aromatic nitrogens is 2. The van der Waals surface area contributed by atoms with Crippen LogP contribution in [0, 0.1) is 5.92 Å². The summed E-state index contributed by atoms with van der Waals surface area (Å²) in [7, 11) is 1.37. The molecular weight excluding hydrogens is 363 g/mol. The zero-order chi connectivity index (χ0) is 20.2.